The molecular formula is C25H34ClN3O4S. The highest BCUT2D eigenvalue weighted by Crippen LogP contribution is 2.22. The highest BCUT2D eigenvalue weighted by atomic mass is 35.5. The molecule has 0 saturated heterocycles. The summed E-state index contributed by atoms with van der Waals surface area (Å²) in [6.07, 6.45) is 2.74. The Kier molecular flexibility index (Phi) is 10.4. The van der Waals surface area contributed by atoms with Crippen molar-refractivity contribution < 1.29 is 18.0 Å². The average molecular weight is 508 g/mol. The Morgan fingerprint density at radius 1 is 1.03 bits per heavy atom. The number of hydrogen-bond acceptors (Lipinski definition) is 4. The molecule has 2 atom stereocenters. The van der Waals surface area contributed by atoms with Crippen molar-refractivity contribution in [2.45, 2.75) is 52.1 Å². The van der Waals surface area contributed by atoms with Crippen LogP contribution in [0.1, 0.15) is 39.2 Å². The van der Waals surface area contributed by atoms with Gasteiger partial charge in [0.25, 0.3) is 0 Å². The van der Waals surface area contributed by atoms with Gasteiger partial charge >= 0.3 is 0 Å². The van der Waals surface area contributed by atoms with Crippen LogP contribution in [0.5, 0.6) is 0 Å². The summed E-state index contributed by atoms with van der Waals surface area (Å²) in [4.78, 5) is 28.1. The van der Waals surface area contributed by atoms with E-state index in [1.807, 2.05) is 51.1 Å². The lowest BCUT2D eigenvalue weighted by molar-refractivity contribution is -0.139. The molecule has 2 aromatic carbocycles. The van der Waals surface area contributed by atoms with Gasteiger partial charge in [0.05, 0.1) is 11.9 Å². The SMILES string of the molecule is CC[C@H](C)NC(=O)[C@H](CC)N(CCc1ccccc1)C(=O)CN(c1cccc(Cl)c1)S(C)(=O)=O. The Bertz CT molecular complexity index is 1060. The molecule has 2 rings (SSSR count). The van der Waals surface area contributed by atoms with Crippen LogP contribution >= 0.6 is 11.6 Å². The van der Waals surface area contributed by atoms with Gasteiger partial charge in [-0.3, -0.25) is 13.9 Å². The van der Waals surface area contributed by atoms with Gasteiger partial charge in [0.2, 0.25) is 21.8 Å². The number of rotatable bonds is 12. The molecule has 0 aromatic heterocycles. The predicted molar refractivity (Wildman–Crippen MR) is 137 cm³/mol. The second-order valence-electron chi connectivity index (χ2n) is 8.31. The average Bonchev–Trinajstić information content (AvgIpc) is 2.79. The highest BCUT2D eigenvalue weighted by molar-refractivity contribution is 7.92. The van der Waals surface area contributed by atoms with Gasteiger partial charge < -0.3 is 10.2 Å². The van der Waals surface area contributed by atoms with E-state index in [4.69, 9.17) is 11.6 Å². The first-order valence-electron chi connectivity index (χ1n) is 11.4. The molecule has 0 aliphatic carbocycles. The molecule has 186 valence electrons. The Morgan fingerprint density at radius 3 is 2.26 bits per heavy atom. The van der Waals surface area contributed by atoms with Crippen LogP contribution in [0.3, 0.4) is 0 Å². The van der Waals surface area contributed by atoms with Gasteiger partial charge in [0.1, 0.15) is 12.6 Å². The van der Waals surface area contributed by atoms with Gasteiger partial charge in [-0.25, -0.2) is 8.42 Å². The van der Waals surface area contributed by atoms with E-state index in [0.717, 1.165) is 22.5 Å². The van der Waals surface area contributed by atoms with Crippen LogP contribution in [0, 0.1) is 0 Å². The summed E-state index contributed by atoms with van der Waals surface area (Å²) < 4.78 is 26.2. The minimum Gasteiger partial charge on any atom is -0.352 e. The zero-order valence-corrected chi connectivity index (χ0v) is 21.8. The summed E-state index contributed by atoms with van der Waals surface area (Å²) in [5, 5.41) is 3.31. The third-order valence-electron chi connectivity index (χ3n) is 5.65. The van der Waals surface area contributed by atoms with Crippen LogP contribution in [0.25, 0.3) is 0 Å². The number of anilines is 1. The van der Waals surface area contributed by atoms with Gasteiger partial charge in [-0.15, -0.1) is 0 Å². The van der Waals surface area contributed by atoms with Crippen molar-refractivity contribution in [1.82, 2.24) is 10.2 Å². The number of amides is 2. The summed E-state index contributed by atoms with van der Waals surface area (Å²) in [6.45, 7) is 5.57. The Labute approximate surface area is 208 Å². The van der Waals surface area contributed by atoms with Crippen LogP contribution in [-0.4, -0.2) is 56.6 Å². The van der Waals surface area contributed by atoms with Crippen LogP contribution < -0.4 is 9.62 Å². The minimum atomic E-state index is -3.78. The number of benzene rings is 2. The van der Waals surface area contributed by atoms with Crippen molar-refractivity contribution in [3.05, 3.63) is 65.2 Å². The second-order valence-corrected chi connectivity index (χ2v) is 10.7. The van der Waals surface area contributed by atoms with Gasteiger partial charge in [0, 0.05) is 17.6 Å². The molecule has 0 bridgehead atoms. The summed E-state index contributed by atoms with van der Waals surface area (Å²) in [6, 6.07) is 15.2. The molecule has 0 aliphatic heterocycles. The molecule has 0 spiro atoms. The van der Waals surface area contributed by atoms with E-state index in [-0.39, 0.29) is 18.5 Å². The van der Waals surface area contributed by atoms with E-state index >= 15 is 0 Å². The first kappa shape index (κ1) is 27.7. The van der Waals surface area contributed by atoms with Crippen LogP contribution in [0.4, 0.5) is 5.69 Å². The lowest BCUT2D eigenvalue weighted by atomic mass is 10.1. The van der Waals surface area contributed by atoms with Crippen molar-refractivity contribution >= 4 is 39.1 Å². The molecule has 0 unspecified atom stereocenters. The number of nitrogens with one attached hydrogen (secondary N) is 1. The number of carbonyl (C=O) groups is 2. The second kappa shape index (κ2) is 12.8. The Balaban J connectivity index is 2.36. The van der Waals surface area contributed by atoms with Crippen molar-refractivity contribution in [3.63, 3.8) is 0 Å². The van der Waals surface area contributed by atoms with Gasteiger partial charge in [-0.2, -0.15) is 0 Å². The summed E-state index contributed by atoms with van der Waals surface area (Å²) in [5.41, 5.74) is 1.32. The van der Waals surface area contributed by atoms with Gasteiger partial charge in [-0.05, 0) is 49.9 Å². The molecule has 0 saturated carbocycles. The summed E-state index contributed by atoms with van der Waals surface area (Å²) >= 11 is 6.06. The monoisotopic (exact) mass is 507 g/mol. The number of hydrogen-bond donors (Lipinski definition) is 1. The number of sulfonamides is 1. The summed E-state index contributed by atoms with van der Waals surface area (Å²) in [5.74, 6) is -0.695. The van der Waals surface area contributed by atoms with Crippen LogP contribution in [0.2, 0.25) is 5.02 Å². The first-order valence-corrected chi connectivity index (χ1v) is 13.7. The van der Waals surface area contributed by atoms with Crippen molar-refractivity contribution in [2.24, 2.45) is 0 Å². The quantitative estimate of drug-likeness (QED) is 0.472. The van der Waals surface area contributed by atoms with Crippen molar-refractivity contribution in [1.29, 1.82) is 0 Å². The maximum Gasteiger partial charge on any atom is 0.244 e. The standard InChI is InChI=1S/C25H34ClN3O4S/c1-5-19(3)27-25(31)23(6-2)28(16-15-20-11-8-7-9-12-20)24(30)18-29(34(4,32)33)22-14-10-13-21(26)17-22/h7-14,17,19,23H,5-6,15-16,18H2,1-4H3,(H,27,31)/t19-,23-/m0/s1. The van der Waals surface area contributed by atoms with E-state index in [1.165, 1.54) is 11.0 Å². The fourth-order valence-electron chi connectivity index (χ4n) is 3.58. The third kappa shape index (κ3) is 8.02. The molecule has 2 aromatic rings. The Hall–Kier alpha value is -2.58. The van der Waals surface area contributed by atoms with Gasteiger partial charge in [-0.1, -0.05) is 61.8 Å². The maximum absolute atomic E-state index is 13.5. The molecule has 0 heterocycles. The highest BCUT2D eigenvalue weighted by Gasteiger charge is 2.31. The normalized spacial score (nSPS) is 13.1. The predicted octanol–water partition coefficient (Wildman–Crippen LogP) is 3.87. The maximum atomic E-state index is 13.5. The van der Waals surface area contributed by atoms with Gasteiger partial charge in [0.15, 0.2) is 0 Å². The zero-order chi connectivity index (χ0) is 25.3. The fourth-order valence-corrected chi connectivity index (χ4v) is 4.61. The van der Waals surface area contributed by atoms with E-state index in [2.05, 4.69) is 5.32 Å². The topological polar surface area (TPSA) is 86.8 Å². The number of carbonyl (C=O) groups excluding carboxylic acids is 2. The van der Waals surface area contributed by atoms with Crippen molar-refractivity contribution in [2.75, 3.05) is 23.7 Å². The largest absolute Gasteiger partial charge is 0.352 e. The molecule has 2 amide bonds. The fraction of sp³-hybridized carbons (Fsp3) is 0.440. The van der Waals surface area contributed by atoms with Crippen LogP contribution in [-0.2, 0) is 26.0 Å². The molecule has 7 nitrogen and oxygen atoms in total. The van der Waals surface area contributed by atoms with E-state index < -0.39 is 28.5 Å². The first-order chi connectivity index (χ1) is 16.1. The summed E-state index contributed by atoms with van der Waals surface area (Å²) in [7, 11) is -3.78. The minimum absolute atomic E-state index is 0.0356. The lowest BCUT2D eigenvalue weighted by Crippen LogP contribution is -2.54. The molecule has 34 heavy (non-hydrogen) atoms. The van der Waals surface area contributed by atoms with E-state index in [1.54, 1.807) is 18.2 Å². The smallest absolute Gasteiger partial charge is 0.244 e. The number of halogens is 1. The Morgan fingerprint density at radius 2 is 1.71 bits per heavy atom. The molecule has 9 heteroatoms. The zero-order valence-electron chi connectivity index (χ0n) is 20.2. The van der Waals surface area contributed by atoms with E-state index in [0.29, 0.717) is 23.6 Å². The van der Waals surface area contributed by atoms with Crippen molar-refractivity contribution in [3.8, 4) is 0 Å². The van der Waals surface area contributed by atoms with E-state index in [9.17, 15) is 18.0 Å². The van der Waals surface area contributed by atoms with Crippen LogP contribution in [0.15, 0.2) is 54.6 Å². The molecule has 0 aliphatic rings. The molecule has 0 radical (unpaired) electrons. The molecular weight excluding hydrogens is 474 g/mol. The lowest BCUT2D eigenvalue weighted by Gasteiger charge is -2.33. The number of nitrogens with zero attached hydrogens (tertiary/aromatic N) is 2. The molecule has 0 fully saturated rings. The third-order valence-corrected chi connectivity index (χ3v) is 7.02. The molecule has 1 N–H and O–H groups in total.